The Morgan fingerprint density at radius 3 is 3.16 bits per heavy atom. The van der Waals surface area contributed by atoms with Crippen molar-refractivity contribution in [1.82, 2.24) is 9.38 Å². The van der Waals surface area contributed by atoms with Crippen LogP contribution in [0, 0.1) is 0 Å². The third-order valence-corrected chi connectivity index (χ3v) is 5.21. The number of imidazole rings is 1. The van der Waals surface area contributed by atoms with Gasteiger partial charge in [0.05, 0.1) is 11.3 Å². The predicted octanol–water partition coefficient (Wildman–Crippen LogP) is 3.30. The minimum atomic E-state index is -0.0567. The van der Waals surface area contributed by atoms with Crippen molar-refractivity contribution in [2.75, 3.05) is 25.1 Å². The molecule has 4 nitrogen and oxygen atoms in total. The summed E-state index contributed by atoms with van der Waals surface area (Å²) in [7, 11) is 1.81. The van der Waals surface area contributed by atoms with Gasteiger partial charge in [0.15, 0.2) is 10.8 Å². The summed E-state index contributed by atoms with van der Waals surface area (Å²) in [6.45, 7) is 4.16. The number of methoxy groups -OCH3 is 1. The van der Waals surface area contributed by atoms with E-state index < -0.39 is 0 Å². The number of nitrogens with zero attached hydrogens (tertiary/aromatic N) is 3. The maximum Gasteiger partial charge on any atom is 0.195 e. The zero-order chi connectivity index (χ0) is 13.5. The number of rotatable bonds is 3. The second kappa shape index (κ2) is 5.07. The van der Waals surface area contributed by atoms with Crippen LogP contribution in [0.2, 0.25) is 0 Å². The molecule has 1 saturated heterocycles. The molecule has 1 atom stereocenters. The lowest BCUT2D eigenvalue weighted by Gasteiger charge is -2.40. The first-order valence-corrected chi connectivity index (χ1v) is 8.47. The second-order valence-corrected chi connectivity index (χ2v) is 6.68. The normalized spacial score (nSPS) is 24.3. The molecule has 2 aromatic heterocycles. The van der Waals surface area contributed by atoms with Crippen LogP contribution in [0.3, 0.4) is 0 Å². The van der Waals surface area contributed by atoms with Crippen LogP contribution in [0.4, 0.5) is 5.82 Å². The maximum atomic E-state index is 5.67. The van der Waals surface area contributed by atoms with Gasteiger partial charge in [0.2, 0.25) is 0 Å². The second-order valence-electron chi connectivity index (χ2n) is 5.25. The summed E-state index contributed by atoms with van der Waals surface area (Å²) in [5.74, 6) is 1.10. The van der Waals surface area contributed by atoms with Crippen LogP contribution in [-0.2, 0) is 10.1 Å². The molecule has 1 aliphatic heterocycles. The van der Waals surface area contributed by atoms with Crippen LogP contribution in [0.5, 0.6) is 0 Å². The lowest BCUT2D eigenvalue weighted by molar-refractivity contribution is -0.00481. The van der Waals surface area contributed by atoms with E-state index in [4.69, 9.17) is 9.72 Å². The van der Waals surface area contributed by atoms with Gasteiger partial charge in [0, 0.05) is 37.1 Å². The average Bonchev–Trinajstić information content (AvgIpc) is 2.98. The van der Waals surface area contributed by atoms with E-state index in [1.54, 1.807) is 18.4 Å². The van der Waals surface area contributed by atoms with Crippen molar-refractivity contribution in [3.8, 4) is 0 Å². The fourth-order valence-corrected chi connectivity index (χ4v) is 4.00. The van der Waals surface area contributed by atoms with Crippen LogP contribution >= 0.6 is 27.3 Å². The molecule has 1 unspecified atom stereocenters. The lowest BCUT2D eigenvalue weighted by atomic mass is 9.95. The van der Waals surface area contributed by atoms with Crippen molar-refractivity contribution in [1.29, 1.82) is 0 Å². The van der Waals surface area contributed by atoms with Gasteiger partial charge in [-0.1, -0.05) is 15.9 Å². The Morgan fingerprint density at radius 1 is 1.58 bits per heavy atom. The number of hydrogen-bond acceptors (Lipinski definition) is 4. The summed E-state index contributed by atoms with van der Waals surface area (Å²) in [4.78, 5) is 8.22. The minimum Gasteiger partial charge on any atom is -0.377 e. The predicted molar refractivity (Wildman–Crippen MR) is 82.6 cm³/mol. The Balaban J connectivity index is 1.97. The van der Waals surface area contributed by atoms with E-state index in [2.05, 4.69) is 43.7 Å². The number of hydrogen-bond donors (Lipinski definition) is 0. The number of fused-ring (bicyclic) bond motifs is 1. The zero-order valence-corrected chi connectivity index (χ0v) is 13.6. The van der Waals surface area contributed by atoms with Gasteiger partial charge in [-0.2, -0.15) is 0 Å². The molecule has 1 fully saturated rings. The fraction of sp³-hybridized carbons (Fsp3) is 0.615. The molecular formula is C13H18BrN3OS. The largest absolute Gasteiger partial charge is 0.377 e. The van der Waals surface area contributed by atoms with Gasteiger partial charge in [-0.15, -0.1) is 11.3 Å². The van der Waals surface area contributed by atoms with Gasteiger partial charge in [0.25, 0.3) is 0 Å². The maximum absolute atomic E-state index is 5.67. The number of aromatic nitrogens is 2. The molecule has 0 saturated carbocycles. The van der Waals surface area contributed by atoms with Crippen molar-refractivity contribution in [2.24, 2.45) is 0 Å². The summed E-state index contributed by atoms with van der Waals surface area (Å²) in [6, 6.07) is 0. The highest BCUT2D eigenvalue weighted by atomic mass is 79.9. The first-order chi connectivity index (χ1) is 9.17. The van der Waals surface area contributed by atoms with Gasteiger partial charge in [-0.25, -0.2) is 4.98 Å². The van der Waals surface area contributed by atoms with Gasteiger partial charge in [-0.05, 0) is 19.8 Å². The SMILES string of the molecule is COC1(C)CCCN(c2nc3sccn3c2CBr)C1. The number of piperidine rings is 1. The molecule has 3 heterocycles. The van der Waals surface area contributed by atoms with Crippen LogP contribution in [0.15, 0.2) is 11.6 Å². The van der Waals surface area contributed by atoms with Gasteiger partial charge in [-0.3, -0.25) is 4.40 Å². The molecule has 6 heteroatoms. The van der Waals surface area contributed by atoms with E-state index in [1.807, 2.05) is 0 Å². The molecule has 0 aliphatic carbocycles. The summed E-state index contributed by atoms with van der Waals surface area (Å²) in [5, 5.41) is 2.90. The van der Waals surface area contributed by atoms with Crippen molar-refractivity contribution in [2.45, 2.75) is 30.7 Å². The van der Waals surface area contributed by atoms with Gasteiger partial charge >= 0.3 is 0 Å². The van der Waals surface area contributed by atoms with E-state index in [0.29, 0.717) is 0 Å². The molecule has 0 aromatic carbocycles. The highest BCUT2D eigenvalue weighted by Crippen LogP contribution is 2.32. The molecule has 1 aliphatic rings. The topological polar surface area (TPSA) is 29.8 Å². The number of anilines is 1. The van der Waals surface area contributed by atoms with Crippen LogP contribution in [0.1, 0.15) is 25.5 Å². The Bertz CT molecular complexity index is 581. The van der Waals surface area contributed by atoms with Crippen molar-refractivity contribution in [3.63, 3.8) is 0 Å². The van der Waals surface area contributed by atoms with Crippen molar-refractivity contribution >= 4 is 38.0 Å². The Hall–Kier alpha value is -0.590. The highest BCUT2D eigenvalue weighted by molar-refractivity contribution is 9.08. The van der Waals surface area contributed by atoms with Gasteiger partial charge < -0.3 is 9.64 Å². The summed E-state index contributed by atoms with van der Waals surface area (Å²) >= 11 is 5.27. The summed E-state index contributed by atoms with van der Waals surface area (Å²) < 4.78 is 7.85. The molecule has 0 N–H and O–H groups in total. The Kier molecular flexibility index (Phi) is 3.57. The number of ether oxygens (including phenoxy) is 1. The smallest absolute Gasteiger partial charge is 0.195 e. The monoisotopic (exact) mass is 343 g/mol. The molecule has 2 aromatic rings. The molecule has 19 heavy (non-hydrogen) atoms. The molecule has 104 valence electrons. The Morgan fingerprint density at radius 2 is 2.42 bits per heavy atom. The van der Waals surface area contributed by atoms with E-state index >= 15 is 0 Å². The number of halogens is 1. The van der Waals surface area contributed by atoms with Crippen molar-refractivity contribution in [3.05, 3.63) is 17.3 Å². The summed E-state index contributed by atoms with van der Waals surface area (Å²) in [6.07, 6.45) is 4.36. The lowest BCUT2D eigenvalue weighted by Crippen LogP contribution is -2.47. The van der Waals surface area contributed by atoms with Crippen LogP contribution < -0.4 is 4.90 Å². The van der Waals surface area contributed by atoms with E-state index in [-0.39, 0.29) is 5.60 Å². The first kappa shape index (κ1) is 13.4. The number of alkyl halides is 1. The standard InChI is InChI=1S/C13H18BrN3OS/c1-13(18-2)4-3-5-16(9-13)11-10(8-14)17-6-7-19-12(17)15-11/h6-7H,3-5,8-9H2,1-2H3. The molecule has 0 spiro atoms. The first-order valence-electron chi connectivity index (χ1n) is 6.47. The minimum absolute atomic E-state index is 0.0567. The van der Waals surface area contributed by atoms with Crippen LogP contribution in [0.25, 0.3) is 4.96 Å². The number of thiazole rings is 1. The average molecular weight is 344 g/mol. The molecule has 0 radical (unpaired) electrons. The zero-order valence-electron chi connectivity index (χ0n) is 11.2. The fourth-order valence-electron chi connectivity index (χ4n) is 2.75. The van der Waals surface area contributed by atoms with Crippen LogP contribution in [-0.4, -0.2) is 35.2 Å². The summed E-state index contributed by atoms with van der Waals surface area (Å²) in [5.41, 5.74) is 1.18. The van der Waals surface area contributed by atoms with E-state index in [9.17, 15) is 0 Å². The van der Waals surface area contributed by atoms with E-state index in [1.165, 1.54) is 5.69 Å². The van der Waals surface area contributed by atoms with Gasteiger partial charge in [0.1, 0.15) is 0 Å². The van der Waals surface area contributed by atoms with Crippen molar-refractivity contribution < 1.29 is 4.74 Å². The molecule has 0 bridgehead atoms. The molecular weight excluding hydrogens is 326 g/mol. The third kappa shape index (κ3) is 2.30. The molecule has 0 amide bonds. The quantitative estimate of drug-likeness (QED) is 0.801. The van der Waals surface area contributed by atoms with E-state index in [0.717, 1.165) is 42.0 Å². The molecule has 3 rings (SSSR count). The Labute approximate surface area is 125 Å². The third-order valence-electron chi connectivity index (χ3n) is 3.92. The highest BCUT2D eigenvalue weighted by Gasteiger charge is 2.33.